The van der Waals surface area contributed by atoms with Gasteiger partial charge in [-0.15, -0.1) is 0 Å². The maximum atomic E-state index is 13.7. The number of nitrogens with two attached hydrogens (primary N) is 2. The predicted molar refractivity (Wildman–Crippen MR) is 88.2 cm³/mol. The highest BCUT2D eigenvalue weighted by Crippen LogP contribution is 2.24. The molecule has 0 atom stereocenters. The lowest BCUT2D eigenvalue weighted by atomic mass is 10.1. The molecule has 8 heteroatoms. The Morgan fingerprint density at radius 2 is 2.04 bits per heavy atom. The normalized spacial score (nSPS) is 15.7. The summed E-state index contributed by atoms with van der Waals surface area (Å²) < 4.78 is 18.6. The summed E-state index contributed by atoms with van der Waals surface area (Å²) in [6.07, 6.45) is 1.80. The Balaban J connectivity index is 2.08. The topological polar surface area (TPSA) is 108 Å². The number of rotatable bonds is 6. The number of allylic oxidation sites excluding steroid dienone is 1. The van der Waals surface area contributed by atoms with E-state index < -0.39 is 24.2 Å². The van der Waals surface area contributed by atoms with Crippen molar-refractivity contribution in [2.45, 2.75) is 25.8 Å². The van der Waals surface area contributed by atoms with Crippen LogP contribution in [0.2, 0.25) is 5.02 Å². The third-order valence-electron chi connectivity index (χ3n) is 3.30. The van der Waals surface area contributed by atoms with Crippen LogP contribution in [0.25, 0.3) is 0 Å². The summed E-state index contributed by atoms with van der Waals surface area (Å²) in [6.45, 7) is 0.786. The number of hydrogen-bond acceptors (Lipinski definition) is 5. The number of carbonyl (C=O) groups is 2. The van der Waals surface area contributed by atoms with Gasteiger partial charge >= 0.3 is 5.97 Å². The highest BCUT2D eigenvalue weighted by Gasteiger charge is 2.25. The molecule has 1 saturated carbocycles. The minimum absolute atomic E-state index is 0.0288. The van der Waals surface area contributed by atoms with Gasteiger partial charge in [-0.2, -0.15) is 0 Å². The molecule has 0 aliphatic heterocycles. The van der Waals surface area contributed by atoms with Gasteiger partial charge in [0.05, 0.1) is 16.6 Å². The van der Waals surface area contributed by atoms with Crippen LogP contribution in [0.5, 0.6) is 0 Å². The van der Waals surface area contributed by atoms with Gasteiger partial charge in [0.2, 0.25) is 5.78 Å². The highest BCUT2D eigenvalue weighted by molar-refractivity contribution is 6.34. The minimum atomic E-state index is -0.891. The Labute approximate surface area is 143 Å². The largest absolute Gasteiger partial charge is 0.454 e. The fourth-order valence-electron chi connectivity index (χ4n) is 1.97. The molecule has 1 fully saturated rings. The first kappa shape index (κ1) is 17.9. The van der Waals surface area contributed by atoms with Crippen LogP contribution in [0.15, 0.2) is 34.5 Å². The number of aliphatic imine (C=N–C) groups is 1. The van der Waals surface area contributed by atoms with Gasteiger partial charge in [-0.3, -0.25) is 9.79 Å². The molecule has 0 unspecified atom stereocenters. The number of ketones is 1. The monoisotopic (exact) mass is 353 g/mol. The van der Waals surface area contributed by atoms with Crippen LogP contribution in [0.1, 0.15) is 30.1 Å². The fraction of sp³-hybridized carbons (Fsp3) is 0.312. The smallest absolute Gasteiger partial charge is 0.344 e. The van der Waals surface area contributed by atoms with Crippen LogP contribution in [0.3, 0.4) is 0 Å². The van der Waals surface area contributed by atoms with Gasteiger partial charge in [0, 0.05) is 5.70 Å². The predicted octanol–water partition coefficient (Wildman–Crippen LogP) is 1.96. The lowest BCUT2D eigenvalue weighted by Crippen LogP contribution is -2.28. The molecule has 0 amide bonds. The number of amidine groups is 1. The van der Waals surface area contributed by atoms with Crippen molar-refractivity contribution in [1.82, 2.24) is 0 Å². The summed E-state index contributed by atoms with van der Waals surface area (Å²) in [4.78, 5) is 28.3. The van der Waals surface area contributed by atoms with Crippen LogP contribution in [-0.2, 0) is 9.53 Å². The van der Waals surface area contributed by atoms with E-state index in [0.717, 1.165) is 18.9 Å². The van der Waals surface area contributed by atoms with Crippen LogP contribution in [0, 0.1) is 5.82 Å². The molecule has 24 heavy (non-hydrogen) atoms. The number of Topliss-reactive ketones (excluding diaryl/α,β-unsaturated/α-hetero) is 1. The van der Waals surface area contributed by atoms with Crippen molar-refractivity contribution in [2.24, 2.45) is 16.5 Å². The Hall–Kier alpha value is -2.41. The van der Waals surface area contributed by atoms with Crippen molar-refractivity contribution >= 4 is 29.2 Å². The number of hydrogen-bond donors (Lipinski definition) is 2. The zero-order valence-electron chi connectivity index (χ0n) is 13.0. The van der Waals surface area contributed by atoms with E-state index >= 15 is 0 Å². The lowest BCUT2D eigenvalue weighted by molar-refractivity contribution is -0.137. The number of nitrogens with zero attached hydrogens (tertiary/aromatic N) is 1. The summed E-state index contributed by atoms with van der Waals surface area (Å²) in [5.41, 5.74) is 11.1. The van der Waals surface area contributed by atoms with Crippen LogP contribution in [0.4, 0.5) is 4.39 Å². The molecule has 6 nitrogen and oxygen atoms in total. The highest BCUT2D eigenvalue weighted by atomic mass is 35.5. The lowest BCUT2D eigenvalue weighted by Gasteiger charge is -2.10. The molecule has 0 heterocycles. The second-order valence-electron chi connectivity index (χ2n) is 5.40. The first-order valence-electron chi connectivity index (χ1n) is 7.25. The summed E-state index contributed by atoms with van der Waals surface area (Å²) >= 11 is 5.80. The first-order valence-corrected chi connectivity index (χ1v) is 7.63. The standard InChI is InChI=1S/C16H17ClFN3O3/c1-8(19)13(15(20)21-9-5-6-9)16(23)24-7-12(22)14-10(17)3-2-4-11(14)18/h2-4,9H,5-7,19H2,1H3,(H2,20,21)/b13-8+. The van der Waals surface area contributed by atoms with Crippen LogP contribution < -0.4 is 11.5 Å². The van der Waals surface area contributed by atoms with Crippen molar-refractivity contribution in [1.29, 1.82) is 0 Å². The molecule has 0 radical (unpaired) electrons. The quantitative estimate of drug-likeness (QED) is 0.267. The third-order valence-corrected chi connectivity index (χ3v) is 3.61. The SMILES string of the molecule is C/C(N)=C(\C(=O)OCC(=O)c1c(F)cccc1Cl)C(N)=NC1CC1. The van der Waals surface area contributed by atoms with Crippen molar-refractivity contribution in [3.8, 4) is 0 Å². The minimum Gasteiger partial charge on any atom is -0.454 e. The van der Waals surface area contributed by atoms with Gasteiger partial charge in [-0.05, 0) is 31.9 Å². The van der Waals surface area contributed by atoms with Gasteiger partial charge in [0.25, 0.3) is 0 Å². The maximum Gasteiger partial charge on any atom is 0.344 e. The summed E-state index contributed by atoms with van der Waals surface area (Å²) in [6, 6.07) is 3.92. The van der Waals surface area contributed by atoms with E-state index in [-0.39, 0.29) is 33.7 Å². The van der Waals surface area contributed by atoms with E-state index in [4.69, 9.17) is 27.8 Å². The average molecular weight is 354 g/mol. The number of carbonyl (C=O) groups excluding carboxylic acids is 2. The molecule has 2 rings (SSSR count). The molecule has 0 aromatic heterocycles. The maximum absolute atomic E-state index is 13.7. The van der Waals surface area contributed by atoms with Crippen LogP contribution >= 0.6 is 11.6 Å². The summed E-state index contributed by atoms with van der Waals surface area (Å²) in [5, 5.41) is -0.0587. The van der Waals surface area contributed by atoms with E-state index in [0.29, 0.717) is 0 Å². The second-order valence-corrected chi connectivity index (χ2v) is 5.81. The van der Waals surface area contributed by atoms with Gasteiger partial charge in [-0.25, -0.2) is 9.18 Å². The molecule has 1 aliphatic rings. The number of benzene rings is 1. The van der Waals surface area contributed by atoms with E-state index in [9.17, 15) is 14.0 Å². The van der Waals surface area contributed by atoms with E-state index in [1.165, 1.54) is 19.1 Å². The fourth-order valence-corrected chi connectivity index (χ4v) is 2.24. The van der Waals surface area contributed by atoms with Crippen molar-refractivity contribution < 1.29 is 18.7 Å². The van der Waals surface area contributed by atoms with Gasteiger partial charge in [0.1, 0.15) is 17.2 Å². The molecule has 1 aliphatic carbocycles. The van der Waals surface area contributed by atoms with Crippen LogP contribution in [-0.4, -0.2) is 30.2 Å². The Bertz CT molecular complexity index is 718. The Kier molecular flexibility index (Phi) is 5.56. The Morgan fingerprint density at radius 1 is 1.38 bits per heavy atom. The van der Waals surface area contributed by atoms with E-state index in [1.54, 1.807) is 0 Å². The molecule has 0 bridgehead atoms. The number of ether oxygens (including phenoxy) is 1. The molecule has 0 spiro atoms. The molecular formula is C16H17ClFN3O3. The number of halogens is 2. The van der Waals surface area contributed by atoms with Gasteiger partial charge in [0.15, 0.2) is 6.61 Å². The second kappa shape index (κ2) is 7.44. The zero-order valence-corrected chi connectivity index (χ0v) is 13.8. The molecule has 1 aromatic rings. The van der Waals surface area contributed by atoms with Gasteiger partial charge in [-0.1, -0.05) is 17.7 Å². The molecule has 4 N–H and O–H groups in total. The van der Waals surface area contributed by atoms with Gasteiger partial charge < -0.3 is 16.2 Å². The van der Waals surface area contributed by atoms with E-state index in [1.807, 2.05) is 0 Å². The summed E-state index contributed by atoms with van der Waals surface area (Å²) in [7, 11) is 0. The van der Waals surface area contributed by atoms with Crippen molar-refractivity contribution in [3.63, 3.8) is 0 Å². The average Bonchev–Trinajstić information content (AvgIpc) is 3.28. The third kappa shape index (κ3) is 4.32. The zero-order chi connectivity index (χ0) is 17.9. The summed E-state index contributed by atoms with van der Waals surface area (Å²) in [5.74, 6) is -2.47. The molecular weight excluding hydrogens is 337 g/mol. The molecule has 128 valence electrons. The molecule has 0 saturated heterocycles. The molecule has 1 aromatic carbocycles. The number of esters is 1. The van der Waals surface area contributed by atoms with Crippen molar-refractivity contribution in [3.05, 3.63) is 45.9 Å². The van der Waals surface area contributed by atoms with E-state index in [2.05, 4.69) is 4.99 Å². The Morgan fingerprint density at radius 3 is 2.58 bits per heavy atom. The van der Waals surface area contributed by atoms with Crippen molar-refractivity contribution in [2.75, 3.05) is 6.61 Å². The first-order chi connectivity index (χ1) is 11.3.